The molecule has 0 radical (unpaired) electrons. The highest BCUT2D eigenvalue weighted by Crippen LogP contribution is 2.35. The number of aliphatic hydroxyl groups is 1. The van der Waals surface area contributed by atoms with E-state index in [4.69, 9.17) is 9.47 Å². The SMILES string of the molecule is CCn1cc(C(O)c2cc(C(F)F)nn2-c2ccc(F)cc2[C@@H](C)OCc2ccccc2)c(OC)n1. The molecule has 0 aliphatic heterocycles. The Morgan fingerprint density at radius 2 is 1.78 bits per heavy atom. The Morgan fingerprint density at radius 3 is 2.44 bits per heavy atom. The number of hydrogen-bond acceptors (Lipinski definition) is 5. The summed E-state index contributed by atoms with van der Waals surface area (Å²) in [6, 6.07) is 14.5. The van der Waals surface area contributed by atoms with Gasteiger partial charge >= 0.3 is 0 Å². The van der Waals surface area contributed by atoms with Gasteiger partial charge in [0.2, 0.25) is 5.88 Å². The summed E-state index contributed by atoms with van der Waals surface area (Å²) in [5.41, 5.74) is 1.44. The lowest BCUT2D eigenvalue weighted by molar-refractivity contribution is 0.0522. The van der Waals surface area contributed by atoms with Crippen molar-refractivity contribution in [3.05, 3.63) is 94.7 Å². The van der Waals surface area contributed by atoms with Crippen LogP contribution in [0.4, 0.5) is 13.2 Å². The molecule has 190 valence electrons. The molecule has 36 heavy (non-hydrogen) atoms. The van der Waals surface area contributed by atoms with Crippen LogP contribution in [0.5, 0.6) is 5.88 Å². The van der Waals surface area contributed by atoms with E-state index in [1.807, 2.05) is 37.3 Å². The number of benzene rings is 2. The zero-order valence-corrected chi connectivity index (χ0v) is 20.1. The normalized spacial score (nSPS) is 13.2. The van der Waals surface area contributed by atoms with Crippen molar-refractivity contribution in [3.63, 3.8) is 0 Å². The van der Waals surface area contributed by atoms with Gasteiger partial charge < -0.3 is 14.6 Å². The van der Waals surface area contributed by atoms with Crippen LogP contribution in [0.25, 0.3) is 5.69 Å². The van der Waals surface area contributed by atoms with Crippen molar-refractivity contribution in [2.45, 2.75) is 45.6 Å². The lowest BCUT2D eigenvalue weighted by Gasteiger charge is -2.20. The van der Waals surface area contributed by atoms with E-state index in [-0.39, 0.29) is 18.2 Å². The number of aryl methyl sites for hydroxylation is 1. The largest absolute Gasteiger partial charge is 0.480 e. The second kappa shape index (κ2) is 11.0. The molecule has 0 bridgehead atoms. The third kappa shape index (κ3) is 5.29. The van der Waals surface area contributed by atoms with Crippen LogP contribution in [0.3, 0.4) is 0 Å². The topological polar surface area (TPSA) is 74.3 Å². The van der Waals surface area contributed by atoms with Gasteiger partial charge in [-0.3, -0.25) is 4.68 Å². The first kappa shape index (κ1) is 25.5. The number of hydrogen-bond donors (Lipinski definition) is 1. The van der Waals surface area contributed by atoms with Gasteiger partial charge in [0.25, 0.3) is 6.43 Å². The molecule has 2 heterocycles. The van der Waals surface area contributed by atoms with Gasteiger partial charge in [0, 0.05) is 18.3 Å². The van der Waals surface area contributed by atoms with Gasteiger partial charge in [0.1, 0.15) is 17.6 Å². The lowest BCUT2D eigenvalue weighted by atomic mass is 10.1. The summed E-state index contributed by atoms with van der Waals surface area (Å²) in [7, 11) is 1.41. The molecule has 2 aromatic heterocycles. The van der Waals surface area contributed by atoms with Crippen LogP contribution < -0.4 is 4.74 Å². The minimum Gasteiger partial charge on any atom is -0.480 e. The average Bonchev–Trinajstić information content (AvgIpc) is 3.52. The zero-order valence-electron chi connectivity index (χ0n) is 20.1. The van der Waals surface area contributed by atoms with Gasteiger partial charge in [-0.15, -0.1) is 5.10 Å². The van der Waals surface area contributed by atoms with Crippen LogP contribution in [0.1, 0.15) is 60.6 Å². The Hall–Kier alpha value is -3.63. The van der Waals surface area contributed by atoms with Crippen LogP contribution in [-0.2, 0) is 17.9 Å². The molecular weight excluding hydrogens is 473 g/mol. The highest BCUT2D eigenvalue weighted by molar-refractivity contribution is 5.46. The predicted molar refractivity (Wildman–Crippen MR) is 127 cm³/mol. The van der Waals surface area contributed by atoms with E-state index in [1.54, 1.807) is 17.8 Å². The molecule has 4 rings (SSSR count). The van der Waals surface area contributed by atoms with Gasteiger partial charge in [-0.25, -0.2) is 17.9 Å². The van der Waals surface area contributed by atoms with E-state index < -0.39 is 30.1 Å². The predicted octanol–water partition coefficient (Wildman–Crippen LogP) is 5.53. The van der Waals surface area contributed by atoms with Crippen molar-refractivity contribution < 1.29 is 27.8 Å². The Kier molecular flexibility index (Phi) is 7.76. The Morgan fingerprint density at radius 1 is 1.03 bits per heavy atom. The first-order valence-electron chi connectivity index (χ1n) is 11.4. The van der Waals surface area contributed by atoms with Crippen LogP contribution in [0.15, 0.2) is 60.8 Å². The van der Waals surface area contributed by atoms with E-state index in [0.29, 0.717) is 23.4 Å². The molecule has 10 heteroatoms. The third-order valence-corrected chi connectivity index (χ3v) is 5.82. The molecule has 0 saturated carbocycles. The van der Waals surface area contributed by atoms with E-state index in [0.717, 1.165) is 11.6 Å². The van der Waals surface area contributed by atoms with Gasteiger partial charge in [0.05, 0.1) is 36.8 Å². The molecule has 4 aromatic rings. The minimum atomic E-state index is -2.88. The van der Waals surface area contributed by atoms with Crippen molar-refractivity contribution in [1.29, 1.82) is 0 Å². The third-order valence-electron chi connectivity index (χ3n) is 5.82. The van der Waals surface area contributed by atoms with E-state index in [2.05, 4.69) is 10.2 Å². The summed E-state index contributed by atoms with van der Waals surface area (Å²) in [6.45, 7) is 4.39. The fourth-order valence-corrected chi connectivity index (χ4v) is 3.92. The second-order valence-electron chi connectivity index (χ2n) is 8.20. The van der Waals surface area contributed by atoms with Crippen LogP contribution in [0, 0.1) is 5.82 Å². The van der Waals surface area contributed by atoms with E-state index in [1.165, 1.54) is 30.0 Å². The molecular formula is C26H27F3N4O3. The fraction of sp³-hybridized carbons (Fsp3) is 0.308. The maximum atomic E-state index is 14.3. The fourth-order valence-electron chi connectivity index (χ4n) is 3.92. The first-order valence-corrected chi connectivity index (χ1v) is 11.4. The maximum absolute atomic E-state index is 14.3. The molecule has 7 nitrogen and oxygen atoms in total. The Balaban J connectivity index is 1.77. The summed E-state index contributed by atoms with van der Waals surface area (Å²) >= 11 is 0. The highest BCUT2D eigenvalue weighted by atomic mass is 19.3. The van der Waals surface area contributed by atoms with Crippen molar-refractivity contribution in [1.82, 2.24) is 19.6 Å². The number of aromatic nitrogens is 4. The lowest BCUT2D eigenvalue weighted by Crippen LogP contribution is -2.13. The molecule has 0 amide bonds. The zero-order chi connectivity index (χ0) is 25.8. The number of halogens is 3. The second-order valence-corrected chi connectivity index (χ2v) is 8.20. The smallest absolute Gasteiger partial charge is 0.282 e. The van der Waals surface area contributed by atoms with Crippen LogP contribution in [-0.4, -0.2) is 31.8 Å². The van der Waals surface area contributed by atoms with Crippen molar-refractivity contribution >= 4 is 0 Å². The number of methoxy groups -OCH3 is 1. The highest BCUT2D eigenvalue weighted by Gasteiger charge is 2.28. The maximum Gasteiger partial charge on any atom is 0.282 e. The van der Waals surface area contributed by atoms with Crippen molar-refractivity contribution in [2.24, 2.45) is 0 Å². The molecule has 1 unspecified atom stereocenters. The molecule has 2 atom stereocenters. The number of ether oxygens (including phenoxy) is 2. The summed E-state index contributed by atoms with van der Waals surface area (Å²) < 4.78 is 55.7. The van der Waals surface area contributed by atoms with E-state index in [9.17, 15) is 18.3 Å². The first-order chi connectivity index (χ1) is 17.3. The summed E-state index contributed by atoms with van der Waals surface area (Å²) in [6.07, 6.45) is -3.30. The molecule has 0 aliphatic rings. The number of rotatable bonds is 10. The monoisotopic (exact) mass is 500 g/mol. The van der Waals surface area contributed by atoms with Gasteiger partial charge in [-0.1, -0.05) is 30.3 Å². The van der Waals surface area contributed by atoms with Gasteiger partial charge in [0.15, 0.2) is 0 Å². The van der Waals surface area contributed by atoms with E-state index >= 15 is 0 Å². The molecule has 0 saturated heterocycles. The number of alkyl halides is 2. The molecule has 0 fully saturated rings. The quantitative estimate of drug-likeness (QED) is 0.310. The van der Waals surface area contributed by atoms with Gasteiger partial charge in [-0.2, -0.15) is 5.10 Å². The Bertz CT molecular complexity index is 1310. The minimum absolute atomic E-state index is 0.0578. The molecule has 1 N–H and O–H groups in total. The molecule has 0 aliphatic carbocycles. The molecule has 0 spiro atoms. The van der Waals surface area contributed by atoms with Crippen molar-refractivity contribution in [3.8, 4) is 11.6 Å². The van der Waals surface area contributed by atoms with Crippen molar-refractivity contribution in [2.75, 3.05) is 7.11 Å². The molecule has 2 aromatic carbocycles. The van der Waals surface area contributed by atoms with Gasteiger partial charge in [-0.05, 0) is 43.7 Å². The standard InChI is InChI=1S/C26H27F3N4O3/c1-4-32-14-20(26(31-32)35-3)24(34)23-13-21(25(28)29)30-33(23)22-11-10-18(27)12-19(22)16(2)36-15-17-8-6-5-7-9-17/h5-14,16,24-25,34H,4,15H2,1-3H3/t16-,24?/m1/s1. The Labute approximate surface area is 206 Å². The van der Waals surface area contributed by atoms with Crippen LogP contribution >= 0.6 is 0 Å². The number of aliphatic hydroxyl groups excluding tert-OH is 1. The summed E-state index contributed by atoms with van der Waals surface area (Å²) in [5.74, 6) is -0.354. The van der Waals surface area contributed by atoms with Crippen LogP contribution in [0.2, 0.25) is 0 Å². The summed E-state index contributed by atoms with van der Waals surface area (Å²) in [4.78, 5) is 0. The average molecular weight is 501 g/mol. The number of nitrogens with zero attached hydrogens (tertiary/aromatic N) is 4. The summed E-state index contributed by atoms with van der Waals surface area (Å²) in [5, 5.41) is 19.5.